The van der Waals surface area contributed by atoms with Crippen LogP contribution in [0.5, 0.6) is 0 Å². The minimum Gasteiger partial charge on any atom is -0.384 e. The summed E-state index contributed by atoms with van der Waals surface area (Å²) >= 11 is 0. The number of nitrogens with zero attached hydrogens (tertiary/aromatic N) is 10. The van der Waals surface area contributed by atoms with Gasteiger partial charge < -0.3 is 5.32 Å². The van der Waals surface area contributed by atoms with E-state index in [0.29, 0.717) is 0 Å². The first-order chi connectivity index (χ1) is 14.1. The molecule has 0 amide bonds. The number of aliphatic imine (C=N–C) groups is 1. The van der Waals surface area contributed by atoms with Crippen molar-refractivity contribution in [1.29, 1.82) is 26.3 Å². The van der Waals surface area contributed by atoms with Crippen molar-refractivity contribution >= 4 is 39.2 Å². The van der Waals surface area contributed by atoms with Crippen LogP contribution in [-0.2, 0) is 0 Å². The van der Waals surface area contributed by atoms with Crippen molar-refractivity contribution in [3.05, 3.63) is 23.3 Å². The minimum atomic E-state index is -0.231. The van der Waals surface area contributed by atoms with Crippen molar-refractivity contribution in [2.45, 2.75) is 6.42 Å². The summed E-state index contributed by atoms with van der Waals surface area (Å²) < 4.78 is 0. The Kier molecular flexibility index (Phi) is 4.87. The number of hydrogen-bond donors (Lipinski definition) is 1. The molecule has 11 heteroatoms. The second-order valence-electron chi connectivity index (χ2n) is 5.38. The Bertz CT molecular complexity index is 1420. The van der Waals surface area contributed by atoms with Gasteiger partial charge in [0.2, 0.25) is 0 Å². The summed E-state index contributed by atoms with van der Waals surface area (Å²) in [7, 11) is 1.57. The molecule has 1 aromatic carbocycles. The van der Waals surface area contributed by atoms with E-state index in [0.717, 1.165) is 0 Å². The molecule has 29 heavy (non-hydrogen) atoms. The van der Waals surface area contributed by atoms with Crippen LogP contribution in [0.1, 0.15) is 23.5 Å². The van der Waals surface area contributed by atoms with E-state index < -0.39 is 0 Å². The molecule has 0 radical (unpaired) electrons. The molecular weight excluding hydrogens is 370 g/mol. The summed E-state index contributed by atoms with van der Waals surface area (Å²) in [6.45, 7) is 0. The Morgan fingerprint density at radius 3 is 2.14 bits per heavy atom. The van der Waals surface area contributed by atoms with Gasteiger partial charge in [0.15, 0.2) is 17.1 Å². The SMILES string of the molecule is CNc1c(N=C(C#N)CC#N)c2ncc(C#N)nc2c2nc(C#N)c(C#N)nc12. The van der Waals surface area contributed by atoms with Crippen LogP contribution in [0.2, 0.25) is 0 Å². The number of nitrogens with one attached hydrogen (secondary N) is 1. The lowest BCUT2D eigenvalue weighted by molar-refractivity contribution is 1.18. The molecule has 0 bridgehead atoms. The number of benzene rings is 1. The zero-order chi connectivity index (χ0) is 21.0. The van der Waals surface area contributed by atoms with Crippen LogP contribution in [-0.4, -0.2) is 32.7 Å². The summed E-state index contributed by atoms with van der Waals surface area (Å²) in [6, 6.07) is 9.18. The van der Waals surface area contributed by atoms with E-state index in [4.69, 9.17) is 5.26 Å². The van der Waals surface area contributed by atoms with E-state index in [-0.39, 0.29) is 62.7 Å². The average molecular weight is 377 g/mol. The maximum Gasteiger partial charge on any atom is 0.177 e. The largest absolute Gasteiger partial charge is 0.384 e. The van der Waals surface area contributed by atoms with Crippen LogP contribution < -0.4 is 5.32 Å². The van der Waals surface area contributed by atoms with Crippen molar-refractivity contribution in [2.75, 3.05) is 12.4 Å². The maximum absolute atomic E-state index is 9.29. The molecule has 0 spiro atoms. The van der Waals surface area contributed by atoms with E-state index in [9.17, 15) is 21.0 Å². The smallest absolute Gasteiger partial charge is 0.177 e. The van der Waals surface area contributed by atoms with Gasteiger partial charge in [-0.1, -0.05) is 0 Å². The number of rotatable bonds is 3. The Hall–Kier alpha value is -5.18. The highest BCUT2D eigenvalue weighted by molar-refractivity contribution is 6.15. The van der Waals surface area contributed by atoms with Gasteiger partial charge in [-0.25, -0.2) is 24.9 Å². The molecule has 0 aliphatic carbocycles. The van der Waals surface area contributed by atoms with Crippen molar-refractivity contribution in [2.24, 2.45) is 4.99 Å². The van der Waals surface area contributed by atoms with E-state index in [1.54, 1.807) is 13.1 Å². The molecule has 0 fully saturated rings. The molecule has 0 atom stereocenters. The van der Waals surface area contributed by atoms with E-state index in [2.05, 4.69) is 30.2 Å². The number of anilines is 1. The molecule has 3 aromatic rings. The molecule has 134 valence electrons. The van der Waals surface area contributed by atoms with Gasteiger partial charge in [-0.3, -0.25) is 0 Å². The third-order valence-corrected chi connectivity index (χ3v) is 3.79. The quantitative estimate of drug-likeness (QED) is 0.518. The summed E-state index contributed by atoms with van der Waals surface area (Å²) in [5.74, 6) is 0. The zero-order valence-electron chi connectivity index (χ0n) is 14.8. The molecule has 2 heterocycles. The molecule has 11 nitrogen and oxygen atoms in total. The lowest BCUT2D eigenvalue weighted by Crippen LogP contribution is -2.03. The standard InChI is InChI=1S/C18H7N11/c1-24-13-15(26-9(4-20)2-3-19)14-17(27-10(5-21)8-25-14)18-16(13)28-11(6-22)12(7-23)29-18/h8,24H,2H2,1H3. The van der Waals surface area contributed by atoms with Crippen LogP contribution in [0.15, 0.2) is 11.2 Å². The molecule has 0 unspecified atom stereocenters. The number of nitriles is 5. The zero-order valence-corrected chi connectivity index (χ0v) is 14.8. The average Bonchev–Trinajstić information content (AvgIpc) is 2.77. The number of aromatic nitrogens is 4. The summed E-state index contributed by atoms with van der Waals surface area (Å²) in [4.78, 5) is 21.1. The summed E-state index contributed by atoms with van der Waals surface area (Å²) in [6.07, 6.45) is 0.997. The Morgan fingerprint density at radius 1 is 0.931 bits per heavy atom. The topological polar surface area (TPSA) is 195 Å². The maximum atomic E-state index is 9.29. The molecule has 0 aliphatic heterocycles. The highest BCUT2D eigenvalue weighted by Gasteiger charge is 2.21. The Balaban J connectivity index is 2.62. The molecular formula is C18H7N11. The number of fused-ring (bicyclic) bond motifs is 3. The Morgan fingerprint density at radius 2 is 1.59 bits per heavy atom. The fourth-order valence-electron chi connectivity index (χ4n) is 2.60. The van der Waals surface area contributed by atoms with E-state index in [1.807, 2.05) is 24.3 Å². The lowest BCUT2D eigenvalue weighted by Gasteiger charge is -2.12. The fraction of sp³-hybridized carbons (Fsp3) is 0.111. The van der Waals surface area contributed by atoms with Crippen molar-refractivity contribution in [3.63, 3.8) is 0 Å². The molecule has 0 saturated carbocycles. The van der Waals surface area contributed by atoms with Crippen molar-refractivity contribution < 1.29 is 0 Å². The van der Waals surface area contributed by atoms with Gasteiger partial charge in [0.25, 0.3) is 0 Å². The van der Waals surface area contributed by atoms with Gasteiger partial charge in [0.05, 0.1) is 24.4 Å². The first-order valence-electron chi connectivity index (χ1n) is 7.88. The third kappa shape index (κ3) is 3.06. The number of hydrogen-bond acceptors (Lipinski definition) is 11. The minimum absolute atomic E-state index is 0.00636. The predicted octanol–water partition coefficient (Wildman–Crippen LogP) is 1.74. The Labute approximate surface area is 163 Å². The molecule has 3 rings (SSSR count). The predicted molar refractivity (Wildman–Crippen MR) is 99.3 cm³/mol. The van der Waals surface area contributed by atoms with Gasteiger partial charge in [-0.15, -0.1) is 0 Å². The third-order valence-electron chi connectivity index (χ3n) is 3.79. The molecule has 0 aliphatic rings. The van der Waals surface area contributed by atoms with Crippen LogP contribution >= 0.6 is 0 Å². The normalized spacial score (nSPS) is 10.4. The van der Waals surface area contributed by atoms with Crippen LogP contribution in [0.3, 0.4) is 0 Å². The second-order valence-corrected chi connectivity index (χ2v) is 5.38. The van der Waals surface area contributed by atoms with Crippen molar-refractivity contribution in [3.8, 4) is 30.3 Å². The summed E-state index contributed by atoms with van der Waals surface area (Å²) in [5.41, 5.74) is 0.571. The lowest BCUT2D eigenvalue weighted by atomic mass is 10.1. The van der Waals surface area contributed by atoms with Crippen LogP contribution in [0, 0.1) is 56.7 Å². The van der Waals surface area contributed by atoms with Gasteiger partial charge >= 0.3 is 0 Å². The monoisotopic (exact) mass is 377 g/mol. The summed E-state index contributed by atoms with van der Waals surface area (Å²) in [5, 5.41) is 48.8. The highest BCUT2D eigenvalue weighted by atomic mass is 15.0. The van der Waals surface area contributed by atoms with Crippen LogP contribution in [0.25, 0.3) is 22.1 Å². The first kappa shape index (κ1) is 18.6. The second kappa shape index (κ2) is 7.60. The van der Waals surface area contributed by atoms with Gasteiger partial charge in [-0.05, 0) is 0 Å². The first-order valence-corrected chi connectivity index (χ1v) is 7.88. The van der Waals surface area contributed by atoms with Gasteiger partial charge in [0.1, 0.15) is 57.7 Å². The van der Waals surface area contributed by atoms with E-state index in [1.165, 1.54) is 6.20 Å². The fourth-order valence-corrected chi connectivity index (χ4v) is 2.60. The molecule has 2 aromatic heterocycles. The van der Waals surface area contributed by atoms with Gasteiger partial charge in [-0.2, -0.15) is 26.3 Å². The van der Waals surface area contributed by atoms with E-state index >= 15 is 0 Å². The van der Waals surface area contributed by atoms with Gasteiger partial charge in [0, 0.05) is 7.05 Å². The van der Waals surface area contributed by atoms with Crippen molar-refractivity contribution in [1.82, 2.24) is 19.9 Å². The molecule has 0 saturated heterocycles. The highest BCUT2D eigenvalue weighted by Crippen LogP contribution is 2.39. The van der Waals surface area contributed by atoms with Crippen LogP contribution in [0.4, 0.5) is 11.4 Å². The molecule has 1 N–H and O–H groups in total.